The second-order valence-corrected chi connectivity index (χ2v) is 6.92. The number of amides is 1. The molecule has 110 valence electrons. The minimum absolute atomic E-state index is 0.183. The lowest BCUT2D eigenvalue weighted by Crippen LogP contribution is -2.45. The molecule has 2 rings (SSSR count). The van der Waals surface area contributed by atoms with Crippen LogP contribution in [0.25, 0.3) is 0 Å². The summed E-state index contributed by atoms with van der Waals surface area (Å²) in [5.41, 5.74) is 1.92. The second kappa shape index (κ2) is 6.75. The Hall–Kier alpha value is -0.830. The Kier molecular flexibility index (Phi) is 5.25. The monoisotopic (exact) mass is 337 g/mol. The molecule has 0 heterocycles. The van der Waals surface area contributed by atoms with Crippen molar-refractivity contribution in [1.82, 2.24) is 4.90 Å². The van der Waals surface area contributed by atoms with Crippen molar-refractivity contribution in [3.63, 3.8) is 0 Å². The van der Waals surface area contributed by atoms with Crippen LogP contribution < -0.4 is 0 Å². The zero-order valence-electron chi connectivity index (χ0n) is 12.7. The molecule has 1 aromatic rings. The molecule has 3 heteroatoms. The first kappa shape index (κ1) is 15.6. The molecule has 1 amide bonds. The van der Waals surface area contributed by atoms with Crippen LogP contribution in [0.15, 0.2) is 22.7 Å². The number of carbonyl (C=O) groups is 1. The van der Waals surface area contributed by atoms with E-state index in [9.17, 15) is 4.79 Å². The molecule has 1 aliphatic rings. The Labute approximate surface area is 130 Å². The fraction of sp³-hybridized carbons (Fsp3) is 0.588. The predicted molar refractivity (Wildman–Crippen MR) is 87.1 cm³/mol. The summed E-state index contributed by atoms with van der Waals surface area (Å²) in [6.07, 6.45) is 6.12. The van der Waals surface area contributed by atoms with E-state index in [1.807, 2.05) is 25.1 Å². The van der Waals surface area contributed by atoms with Gasteiger partial charge in [-0.15, -0.1) is 0 Å². The van der Waals surface area contributed by atoms with Crippen molar-refractivity contribution in [2.45, 2.75) is 65.0 Å². The first-order chi connectivity index (χ1) is 9.50. The Morgan fingerprint density at radius 2 is 1.90 bits per heavy atom. The third kappa shape index (κ3) is 3.43. The summed E-state index contributed by atoms with van der Waals surface area (Å²) in [4.78, 5) is 15.0. The van der Waals surface area contributed by atoms with Crippen LogP contribution in [0.5, 0.6) is 0 Å². The average Bonchev–Trinajstić information content (AvgIpc) is 2.42. The minimum atomic E-state index is 0.183. The quantitative estimate of drug-likeness (QED) is 0.764. The Morgan fingerprint density at radius 1 is 1.25 bits per heavy atom. The average molecular weight is 338 g/mol. The molecule has 0 aliphatic heterocycles. The minimum Gasteiger partial charge on any atom is -0.333 e. The highest BCUT2D eigenvalue weighted by molar-refractivity contribution is 9.10. The smallest absolute Gasteiger partial charge is 0.254 e. The first-order valence-electron chi connectivity index (χ1n) is 7.59. The highest BCUT2D eigenvalue weighted by Crippen LogP contribution is 2.26. The lowest BCUT2D eigenvalue weighted by Gasteiger charge is -2.37. The van der Waals surface area contributed by atoms with Gasteiger partial charge in [0, 0.05) is 22.1 Å². The molecule has 2 nitrogen and oxygen atoms in total. The summed E-state index contributed by atoms with van der Waals surface area (Å²) in [5, 5.41) is 0. The number of benzene rings is 1. The second-order valence-electron chi connectivity index (χ2n) is 6.06. The third-order valence-corrected chi connectivity index (χ3v) is 5.05. The van der Waals surface area contributed by atoms with Gasteiger partial charge in [0.05, 0.1) is 0 Å². The maximum Gasteiger partial charge on any atom is 0.254 e. The van der Waals surface area contributed by atoms with Crippen LogP contribution in [0, 0.1) is 6.92 Å². The van der Waals surface area contributed by atoms with Gasteiger partial charge in [-0.25, -0.2) is 0 Å². The van der Waals surface area contributed by atoms with Crippen LogP contribution in [0.1, 0.15) is 61.9 Å². The number of hydrogen-bond acceptors (Lipinski definition) is 1. The van der Waals surface area contributed by atoms with Crippen molar-refractivity contribution in [1.29, 1.82) is 0 Å². The van der Waals surface area contributed by atoms with Gasteiger partial charge in [-0.2, -0.15) is 0 Å². The molecule has 1 saturated carbocycles. The van der Waals surface area contributed by atoms with Gasteiger partial charge >= 0.3 is 0 Å². The van der Waals surface area contributed by atoms with Gasteiger partial charge in [-0.3, -0.25) is 4.79 Å². The van der Waals surface area contributed by atoms with E-state index in [0.29, 0.717) is 6.04 Å². The Morgan fingerprint density at radius 3 is 2.45 bits per heavy atom. The molecule has 0 unspecified atom stereocenters. The van der Waals surface area contributed by atoms with E-state index in [-0.39, 0.29) is 11.9 Å². The number of rotatable bonds is 3. The van der Waals surface area contributed by atoms with E-state index in [1.165, 1.54) is 19.3 Å². The fourth-order valence-electron chi connectivity index (χ4n) is 3.11. The zero-order chi connectivity index (χ0) is 14.7. The van der Waals surface area contributed by atoms with Crippen LogP contribution >= 0.6 is 15.9 Å². The van der Waals surface area contributed by atoms with Crippen molar-refractivity contribution >= 4 is 21.8 Å². The van der Waals surface area contributed by atoms with Gasteiger partial charge in [0.2, 0.25) is 0 Å². The molecular weight excluding hydrogens is 314 g/mol. The van der Waals surface area contributed by atoms with Crippen molar-refractivity contribution in [2.75, 3.05) is 0 Å². The summed E-state index contributed by atoms with van der Waals surface area (Å²) in [7, 11) is 0. The highest BCUT2D eigenvalue weighted by Gasteiger charge is 2.28. The molecule has 0 atom stereocenters. The SMILES string of the molecule is Cc1cc(C(=O)N(C(C)C)C2CCCCC2)ccc1Br. The number of halogens is 1. The van der Waals surface area contributed by atoms with E-state index in [2.05, 4.69) is 34.7 Å². The highest BCUT2D eigenvalue weighted by atomic mass is 79.9. The number of aryl methyl sites for hydroxylation is 1. The van der Waals surface area contributed by atoms with E-state index in [4.69, 9.17) is 0 Å². The normalized spacial score (nSPS) is 16.4. The van der Waals surface area contributed by atoms with Gasteiger partial charge in [-0.1, -0.05) is 35.2 Å². The fourth-order valence-corrected chi connectivity index (χ4v) is 3.35. The van der Waals surface area contributed by atoms with Gasteiger partial charge in [0.1, 0.15) is 0 Å². The van der Waals surface area contributed by atoms with Crippen LogP contribution in [0.4, 0.5) is 0 Å². The maximum atomic E-state index is 12.9. The summed E-state index contributed by atoms with van der Waals surface area (Å²) >= 11 is 3.50. The maximum absolute atomic E-state index is 12.9. The standard InChI is InChI=1S/C17H24BrNO/c1-12(2)19(15-7-5-4-6-8-15)17(20)14-9-10-16(18)13(3)11-14/h9-12,15H,4-8H2,1-3H3. The molecular formula is C17H24BrNO. The summed E-state index contributed by atoms with van der Waals surface area (Å²) in [6.45, 7) is 6.28. The topological polar surface area (TPSA) is 20.3 Å². The van der Waals surface area contributed by atoms with Crippen LogP contribution in [0.3, 0.4) is 0 Å². The molecule has 20 heavy (non-hydrogen) atoms. The lowest BCUT2D eigenvalue weighted by molar-refractivity contribution is 0.0555. The molecule has 1 aliphatic carbocycles. The number of carbonyl (C=O) groups excluding carboxylic acids is 1. The zero-order valence-corrected chi connectivity index (χ0v) is 14.2. The summed E-state index contributed by atoms with van der Waals surface area (Å²) < 4.78 is 1.06. The molecule has 1 aromatic carbocycles. The van der Waals surface area contributed by atoms with Gasteiger partial charge in [0.15, 0.2) is 0 Å². The van der Waals surface area contributed by atoms with Crippen LogP contribution in [-0.4, -0.2) is 22.9 Å². The van der Waals surface area contributed by atoms with Gasteiger partial charge in [-0.05, 0) is 57.4 Å². The van der Waals surface area contributed by atoms with Crippen LogP contribution in [-0.2, 0) is 0 Å². The molecule has 0 saturated heterocycles. The van der Waals surface area contributed by atoms with Crippen LogP contribution in [0.2, 0.25) is 0 Å². The Balaban J connectivity index is 2.23. The summed E-state index contributed by atoms with van der Waals surface area (Å²) in [5.74, 6) is 0.183. The molecule has 0 bridgehead atoms. The van der Waals surface area contributed by atoms with Gasteiger partial charge in [0.25, 0.3) is 5.91 Å². The van der Waals surface area contributed by atoms with E-state index < -0.39 is 0 Å². The van der Waals surface area contributed by atoms with Crippen molar-refractivity contribution in [3.8, 4) is 0 Å². The Bertz CT molecular complexity index is 478. The molecule has 0 aromatic heterocycles. The molecule has 1 fully saturated rings. The first-order valence-corrected chi connectivity index (χ1v) is 8.39. The predicted octanol–water partition coefficient (Wildman–Crippen LogP) is 4.94. The van der Waals surface area contributed by atoms with Crippen molar-refractivity contribution in [2.24, 2.45) is 0 Å². The molecule has 0 spiro atoms. The van der Waals surface area contributed by atoms with E-state index in [0.717, 1.165) is 28.4 Å². The van der Waals surface area contributed by atoms with E-state index in [1.54, 1.807) is 0 Å². The number of nitrogens with zero attached hydrogens (tertiary/aromatic N) is 1. The largest absolute Gasteiger partial charge is 0.333 e. The summed E-state index contributed by atoms with van der Waals surface area (Å²) in [6, 6.07) is 6.57. The van der Waals surface area contributed by atoms with Crippen molar-refractivity contribution in [3.05, 3.63) is 33.8 Å². The molecule has 0 radical (unpaired) electrons. The lowest BCUT2D eigenvalue weighted by atomic mass is 9.92. The van der Waals surface area contributed by atoms with Crippen molar-refractivity contribution < 1.29 is 4.79 Å². The van der Waals surface area contributed by atoms with E-state index >= 15 is 0 Å². The molecule has 0 N–H and O–H groups in total. The third-order valence-electron chi connectivity index (χ3n) is 4.16. The number of hydrogen-bond donors (Lipinski definition) is 0. The van der Waals surface area contributed by atoms with Gasteiger partial charge < -0.3 is 4.90 Å².